The van der Waals surface area contributed by atoms with Gasteiger partial charge in [-0.15, -0.1) is 0 Å². The normalized spacial score (nSPS) is 11.1. The van der Waals surface area contributed by atoms with Crippen molar-refractivity contribution in [3.8, 4) is 0 Å². The van der Waals surface area contributed by atoms with E-state index in [2.05, 4.69) is 0 Å². The van der Waals surface area contributed by atoms with Crippen molar-refractivity contribution in [1.82, 2.24) is 0 Å². The molecule has 0 rings (SSSR count). The van der Waals surface area contributed by atoms with Crippen molar-refractivity contribution >= 4 is 12.6 Å². The number of rotatable bonds is 16. The third-order valence-corrected chi connectivity index (χ3v) is 4.03. The van der Waals surface area contributed by atoms with E-state index in [0.29, 0.717) is 0 Å². The molecule has 0 atom stereocenters. The Balaban J connectivity index is 2.88. The molecule has 1 nitrogen and oxygen atoms in total. The first-order valence-electron chi connectivity index (χ1n) is 8.49. The molecule has 0 aromatic rings. The maximum atomic E-state index is 5.05. The Morgan fingerprint density at radius 3 is 1.16 bits per heavy atom. The first-order chi connectivity index (χ1) is 9.41. The summed E-state index contributed by atoms with van der Waals surface area (Å²) in [4.78, 5) is 0. The Morgan fingerprint density at radius 2 is 0.842 bits per heavy atom. The standard InChI is InChI=1S/C17H36OS/c1-18-16-14-12-10-8-6-4-2-3-5-7-9-11-13-15-17-19/h19H,2-17H2,1H3/p-1. The van der Waals surface area contributed by atoms with Crippen molar-refractivity contribution in [2.45, 2.75) is 89.9 Å². The van der Waals surface area contributed by atoms with Crippen molar-refractivity contribution in [3.63, 3.8) is 0 Å². The molecule has 0 saturated carbocycles. The van der Waals surface area contributed by atoms with Gasteiger partial charge in [-0.3, -0.25) is 0 Å². The highest BCUT2D eigenvalue weighted by atomic mass is 32.1. The first-order valence-corrected chi connectivity index (χ1v) is 9.06. The molecule has 0 saturated heterocycles. The summed E-state index contributed by atoms with van der Waals surface area (Å²) in [6.45, 7) is 0.937. The van der Waals surface area contributed by atoms with Crippen molar-refractivity contribution in [3.05, 3.63) is 0 Å². The van der Waals surface area contributed by atoms with Crippen LogP contribution in [-0.4, -0.2) is 19.5 Å². The van der Waals surface area contributed by atoms with Gasteiger partial charge in [-0.05, 0) is 6.42 Å². The van der Waals surface area contributed by atoms with Crippen molar-refractivity contribution < 1.29 is 4.74 Å². The molecule has 0 spiro atoms. The molecular formula is C17H35OS-. The van der Waals surface area contributed by atoms with Crippen LogP contribution in [0.4, 0.5) is 0 Å². The molecule has 116 valence electrons. The summed E-state index contributed by atoms with van der Waals surface area (Å²) >= 11 is 4.95. The van der Waals surface area contributed by atoms with Crippen LogP contribution in [-0.2, 0) is 17.4 Å². The molecule has 2 heteroatoms. The Morgan fingerprint density at radius 1 is 0.526 bits per heavy atom. The molecule has 0 aromatic carbocycles. The van der Waals surface area contributed by atoms with Gasteiger partial charge >= 0.3 is 0 Å². The number of methoxy groups -OCH3 is 1. The third-order valence-electron chi connectivity index (χ3n) is 3.74. The lowest BCUT2D eigenvalue weighted by molar-refractivity contribution is 0.192. The second kappa shape index (κ2) is 18.3. The molecule has 0 fully saturated rings. The van der Waals surface area contributed by atoms with E-state index in [9.17, 15) is 0 Å². The van der Waals surface area contributed by atoms with Crippen LogP contribution in [0.1, 0.15) is 89.9 Å². The summed E-state index contributed by atoms with van der Waals surface area (Å²) in [5.41, 5.74) is 0. The van der Waals surface area contributed by atoms with Crippen molar-refractivity contribution in [2.75, 3.05) is 19.5 Å². The van der Waals surface area contributed by atoms with Gasteiger partial charge in [-0.25, -0.2) is 0 Å². The molecule has 19 heavy (non-hydrogen) atoms. The lowest BCUT2D eigenvalue weighted by atomic mass is 10.0. The quantitative estimate of drug-likeness (QED) is 0.268. The van der Waals surface area contributed by atoms with Crippen LogP contribution >= 0.6 is 0 Å². The van der Waals surface area contributed by atoms with Crippen LogP contribution in [0.2, 0.25) is 0 Å². The van der Waals surface area contributed by atoms with E-state index in [1.807, 2.05) is 0 Å². The minimum Gasteiger partial charge on any atom is -0.793 e. The maximum Gasteiger partial charge on any atom is 0.0462 e. The Bertz CT molecular complexity index is 134. The van der Waals surface area contributed by atoms with E-state index in [4.69, 9.17) is 17.4 Å². The minimum atomic E-state index is 0.937. The molecule has 0 radical (unpaired) electrons. The highest BCUT2D eigenvalue weighted by Crippen LogP contribution is 2.12. The van der Waals surface area contributed by atoms with E-state index >= 15 is 0 Å². The summed E-state index contributed by atoms with van der Waals surface area (Å²) < 4.78 is 5.05. The van der Waals surface area contributed by atoms with E-state index in [-0.39, 0.29) is 0 Å². The predicted octanol–water partition coefficient (Wildman–Crippen LogP) is 5.64. The Labute approximate surface area is 127 Å². The summed E-state index contributed by atoms with van der Waals surface area (Å²) in [6.07, 6.45) is 19.5. The molecule has 0 unspecified atom stereocenters. The molecule has 0 amide bonds. The molecule has 0 aliphatic rings. The lowest BCUT2D eigenvalue weighted by Gasteiger charge is -2.04. The van der Waals surface area contributed by atoms with Crippen LogP contribution in [0, 0.1) is 0 Å². The Hall–Kier alpha value is 0.310. The second-order valence-corrected chi connectivity index (χ2v) is 6.05. The Kier molecular flexibility index (Phi) is 18.6. The summed E-state index contributed by atoms with van der Waals surface area (Å²) in [7, 11) is 1.79. The molecule has 0 aromatic heterocycles. The van der Waals surface area contributed by atoms with Gasteiger partial charge in [-0.2, -0.15) is 5.75 Å². The zero-order valence-corrected chi connectivity index (χ0v) is 13.9. The average Bonchev–Trinajstić information content (AvgIpc) is 2.43. The summed E-state index contributed by atoms with van der Waals surface area (Å²) in [6, 6.07) is 0. The van der Waals surface area contributed by atoms with Crippen molar-refractivity contribution in [1.29, 1.82) is 0 Å². The van der Waals surface area contributed by atoms with Crippen LogP contribution < -0.4 is 0 Å². The molecule has 0 N–H and O–H groups in total. The highest BCUT2D eigenvalue weighted by molar-refractivity contribution is 7.58. The monoisotopic (exact) mass is 287 g/mol. The zero-order chi connectivity index (χ0) is 14.0. The largest absolute Gasteiger partial charge is 0.793 e. The van der Waals surface area contributed by atoms with Gasteiger partial charge in [0.1, 0.15) is 0 Å². The summed E-state index contributed by atoms with van der Waals surface area (Å²) in [5.74, 6) is 0.950. The molecule has 0 heterocycles. The van der Waals surface area contributed by atoms with Gasteiger partial charge in [0.25, 0.3) is 0 Å². The van der Waals surface area contributed by atoms with Gasteiger partial charge in [0.05, 0.1) is 0 Å². The lowest BCUT2D eigenvalue weighted by Crippen LogP contribution is -1.88. The number of hydrogen-bond donors (Lipinski definition) is 0. The van der Waals surface area contributed by atoms with Gasteiger partial charge in [-0.1, -0.05) is 83.5 Å². The van der Waals surface area contributed by atoms with Gasteiger partial charge in [0.2, 0.25) is 0 Å². The summed E-state index contributed by atoms with van der Waals surface area (Å²) in [5, 5.41) is 0. The molecule has 0 aliphatic carbocycles. The second-order valence-electron chi connectivity index (χ2n) is 5.65. The molecule has 0 bridgehead atoms. The maximum absolute atomic E-state index is 5.05. The first kappa shape index (κ1) is 19.3. The highest BCUT2D eigenvalue weighted by Gasteiger charge is 1.93. The topological polar surface area (TPSA) is 9.23 Å². The van der Waals surface area contributed by atoms with Gasteiger partial charge in [0.15, 0.2) is 0 Å². The smallest absolute Gasteiger partial charge is 0.0462 e. The van der Waals surface area contributed by atoms with E-state index in [1.54, 1.807) is 7.11 Å². The minimum absolute atomic E-state index is 0.937. The van der Waals surface area contributed by atoms with Crippen LogP contribution in [0.25, 0.3) is 0 Å². The van der Waals surface area contributed by atoms with Crippen LogP contribution in [0.3, 0.4) is 0 Å². The third kappa shape index (κ3) is 18.3. The van der Waals surface area contributed by atoms with E-state index in [1.165, 1.54) is 89.9 Å². The number of hydrogen-bond acceptors (Lipinski definition) is 2. The van der Waals surface area contributed by atoms with Crippen LogP contribution in [0.15, 0.2) is 0 Å². The van der Waals surface area contributed by atoms with Gasteiger partial charge < -0.3 is 17.4 Å². The molecular weight excluding hydrogens is 252 g/mol. The zero-order valence-electron chi connectivity index (χ0n) is 13.1. The van der Waals surface area contributed by atoms with E-state index < -0.39 is 0 Å². The number of ether oxygens (including phenoxy) is 1. The average molecular weight is 288 g/mol. The fraction of sp³-hybridized carbons (Fsp3) is 1.00. The number of unbranched alkanes of at least 4 members (excludes halogenated alkanes) is 13. The van der Waals surface area contributed by atoms with Crippen molar-refractivity contribution in [2.24, 2.45) is 0 Å². The fourth-order valence-corrected chi connectivity index (χ4v) is 2.67. The fourth-order valence-electron chi connectivity index (χ4n) is 2.47. The van der Waals surface area contributed by atoms with E-state index in [0.717, 1.165) is 12.4 Å². The van der Waals surface area contributed by atoms with Gasteiger partial charge in [0, 0.05) is 13.7 Å². The molecule has 0 aliphatic heterocycles. The van der Waals surface area contributed by atoms with Crippen LogP contribution in [0.5, 0.6) is 0 Å². The SMILES string of the molecule is COCCCCCCCCCCCCCCCC[S-]. The predicted molar refractivity (Wildman–Crippen MR) is 88.7 cm³/mol.